The molecule has 2 heterocycles. The van der Waals surface area contributed by atoms with Gasteiger partial charge in [0.2, 0.25) is 11.8 Å². The van der Waals surface area contributed by atoms with Gasteiger partial charge in [-0.15, -0.1) is 0 Å². The molecule has 1 aromatic heterocycles. The number of aryl methyl sites for hydroxylation is 2. The van der Waals surface area contributed by atoms with Crippen LogP contribution in [0.3, 0.4) is 0 Å². The van der Waals surface area contributed by atoms with Crippen molar-refractivity contribution in [2.45, 2.75) is 45.1 Å². The molecule has 0 saturated carbocycles. The Morgan fingerprint density at radius 1 is 1.56 bits per heavy atom. The van der Waals surface area contributed by atoms with Crippen molar-refractivity contribution in [2.75, 3.05) is 7.11 Å². The predicted octanol–water partition coefficient (Wildman–Crippen LogP) is 1.39. The molecule has 1 saturated heterocycles. The summed E-state index contributed by atoms with van der Waals surface area (Å²) in [5.41, 5.74) is 1.76. The van der Waals surface area contributed by atoms with Crippen LogP contribution in [0.5, 0.6) is 5.88 Å². The van der Waals surface area contributed by atoms with Crippen molar-refractivity contribution in [2.24, 2.45) is 0 Å². The van der Waals surface area contributed by atoms with E-state index in [2.05, 4.69) is 15.3 Å². The van der Waals surface area contributed by atoms with Gasteiger partial charge in [0.25, 0.3) is 0 Å². The molecule has 1 aromatic rings. The fourth-order valence-electron chi connectivity index (χ4n) is 2.22. The second kappa shape index (κ2) is 5.80. The van der Waals surface area contributed by atoms with Gasteiger partial charge in [0.1, 0.15) is 5.69 Å². The van der Waals surface area contributed by atoms with E-state index in [-0.39, 0.29) is 5.91 Å². The summed E-state index contributed by atoms with van der Waals surface area (Å²) in [5, 5.41) is 2.97. The summed E-state index contributed by atoms with van der Waals surface area (Å²) < 4.78 is 5.22. The summed E-state index contributed by atoms with van der Waals surface area (Å²) >= 11 is 0. The summed E-state index contributed by atoms with van der Waals surface area (Å²) in [6.07, 6.45) is 6.19. The van der Waals surface area contributed by atoms with Crippen LogP contribution in [0.1, 0.15) is 37.1 Å². The SMILES string of the molecule is COc1nc(C)cnc1CCCC1CCC(=O)N1. The third kappa shape index (κ3) is 3.18. The largest absolute Gasteiger partial charge is 0.480 e. The van der Waals surface area contributed by atoms with Crippen LogP contribution in [0.15, 0.2) is 6.20 Å². The van der Waals surface area contributed by atoms with E-state index in [1.54, 1.807) is 13.3 Å². The maximum absolute atomic E-state index is 11.1. The van der Waals surface area contributed by atoms with Crippen molar-refractivity contribution in [3.8, 4) is 5.88 Å². The average molecular weight is 249 g/mol. The summed E-state index contributed by atoms with van der Waals surface area (Å²) in [6, 6.07) is 0.335. The van der Waals surface area contributed by atoms with Gasteiger partial charge in [0.15, 0.2) is 0 Å². The minimum Gasteiger partial charge on any atom is -0.480 e. The Morgan fingerprint density at radius 2 is 2.39 bits per heavy atom. The molecule has 18 heavy (non-hydrogen) atoms. The van der Waals surface area contributed by atoms with Crippen LogP contribution >= 0.6 is 0 Å². The Hall–Kier alpha value is -1.65. The quantitative estimate of drug-likeness (QED) is 0.856. The minimum absolute atomic E-state index is 0.174. The zero-order valence-electron chi connectivity index (χ0n) is 10.9. The van der Waals surface area contributed by atoms with Crippen molar-refractivity contribution in [1.82, 2.24) is 15.3 Å². The van der Waals surface area contributed by atoms with Crippen LogP contribution in [-0.4, -0.2) is 29.0 Å². The summed E-state index contributed by atoms with van der Waals surface area (Å²) in [5.74, 6) is 0.790. The van der Waals surface area contributed by atoms with Crippen LogP contribution < -0.4 is 10.1 Å². The summed E-state index contributed by atoms with van der Waals surface area (Å²) in [6.45, 7) is 1.90. The Balaban J connectivity index is 1.84. The van der Waals surface area contributed by atoms with Crippen LogP contribution in [0.4, 0.5) is 0 Å². The van der Waals surface area contributed by atoms with E-state index in [0.717, 1.165) is 37.1 Å². The number of methoxy groups -OCH3 is 1. The third-order valence-corrected chi connectivity index (χ3v) is 3.18. The van der Waals surface area contributed by atoms with Crippen LogP contribution in [-0.2, 0) is 11.2 Å². The molecule has 1 aliphatic rings. The van der Waals surface area contributed by atoms with E-state index in [1.165, 1.54) is 0 Å². The second-order valence-corrected chi connectivity index (χ2v) is 4.66. The van der Waals surface area contributed by atoms with E-state index < -0.39 is 0 Å². The number of hydrogen-bond donors (Lipinski definition) is 1. The van der Waals surface area contributed by atoms with Gasteiger partial charge in [-0.3, -0.25) is 9.78 Å². The average Bonchev–Trinajstić information content (AvgIpc) is 2.77. The van der Waals surface area contributed by atoms with Gasteiger partial charge >= 0.3 is 0 Å². The summed E-state index contributed by atoms with van der Waals surface area (Å²) in [7, 11) is 1.62. The topological polar surface area (TPSA) is 64.1 Å². The molecule has 0 spiro atoms. The normalized spacial score (nSPS) is 18.8. The number of hydrogen-bond acceptors (Lipinski definition) is 4. The standard InChI is InChI=1S/C13H19N3O2/c1-9-8-14-11(13(15-9)18-2)5-3-4-10-6-7-12(17)16-10/h8,10H,3-7H2,1-2H3,(H,16,17). The highest BCUT2D eigenvalue weighted by atomic mass is 16.5. The maximum atomic E-state index is 11.1. The minimum atomic E-state index is 0.174. The molecule has 1 atom stereocenters. The Morgan fingerprint density at radius 3 is 3.06 bits per heavy atom. The van der Waals surface area contributed by atoms with Crippen molar-refractivity contribution in [3.63, 3.8) is 0 Å². The van der Waals surface area contributed by atoms with Gasteiger partial charge in [-0.2, -0.15) is 0 Å². The first-order valence-corrected chi connectivity index (χ1v) is 6.35. The first-order valence-electron chi connectivity index (χ1n) is 6.35. The number of nitrogens with zero attached hydrogens (tertiary/aromatic N) is 2. The molecule has 1 N–H and O–H groups in total. The van der Waals surface area contributed by atoms with Gasteiger partial charge in [0.05, 0.1) is 12.8 Å². The van der Waals surface area contributed by atoms with Crippen molar-refractivity contribution < 1.29 is 9.53 Å². The van der Waals surface area contributed by atoms with E-state index >= 15 is 0 Å². The van der Waals surface area contributed by atoms with Crippen LogP contribution in [0.25, 0.3) is 0 Å². The molecule has 0 bridgehead atoms. The van der Waals surface area contributed by atoms with Gasteiger partial charge in [0, 0.05) is 18.7 Å². The van der Waals surface area contributed by atoms with E-state index in [9.17, 15) is 4.79 Å². The lowest BCUT2D eigenvalue weighted by atomic mass is 10.1. The highest BCUT2D eigenvalue weighted by Gasteiger charge is 2.20. The molecule has 5 nitrogen and oxygen atoms in total. The molecule has 2 rings (SSSR count). The van der Waals surface area contributed by atoms with Crippen LogP contribution in [0, 0.1) is 6.92 Å². The van der Waals surface area contributed by atoms with E-state index in [4.69, 9.17) is 4.74 Å². The molecule has 1 amide bonds. The number of nitrogens with one attached hydrogen (secondary N) is 1. The Bertz CT molecular complexity index is 434. The number of ether oxygens (including phenoxy) is 1. The molecular weight excluding hydrogens is 230 g/mol. The highest BCUT2D eigenvalue weighted by Crippen LogP contribution is 2.18. The van der Waals surface area contributed by atoms with Gasteiger partial charge in [-0.1, -0.05) is 0 Å². The van der Waals surface area contributed by atoms with Crippen molar-refractivity contribution in [3.05, 3.63) is 17.6 Å². The molecule has 1 aliphatic heterocycles. The molecule has 0 radical (unpaired) electrons. The fourth-order valence-corrected chi connectivity index (χ4v) is 2.22. The monoisotopic (exact) mass is 249 g/mol. The molecule has 0 aliphatic carbocycles. The van der Waals surface area contributed by atoms with Gasteiger partial charge in [-0.05, 0) is 32.6 Å². The fraction of sp³-hybridized carbons (Fsp3) is 0.615. The Labute approximate surface area is 107 Å². The lowest BCUT2D eigenvalue weighted by molar-refractivity contribution is -0.119. The Kier molecular flexibility index (Phi) is 4.12. The highest BCUT2D eigenvalue weighted by molar-refractivity contribution is 5.78. The smallest absolute Gasteiger partial charge is 0.235 e. The maximum Gasteiger partial charge on any atom is 0.235 e. The molecule has 5 heteroatoms. The summed E-state index contributed by atoms with van der Waals surface area (Å²) in [4.78, 5) is 19.7. The molecule has 98 valence electrons. The molecule has 0 aromatic carbocycles. The number of carbonyl (C=O) groups excluding carboxylic acids is 1. The van der Waals surface area contributed by atoms with Gasteiger partial charge < -0.3 is 10.1 Å². The number of amides is 1. The molecular formula is C13H19N3O2. The van der Waals surface area contributed by atoms with Crippen molar-refractivity contribution in [1.29, 1.82) is 0 Å². The lowest BCUT2D eigenvalue weighted by Gasteiger charge is -2.10. The van der Waals surface area contributed by atoms with E-state index in [0.29, 0.717) is 18.3 Å². The zero-order valence-corrected chi connectivity index (χ0v) is 10.9. The second-order valence-electron chi connectivity index (χ2n) is 4.66. The number of rotatable bonds is 5. The number of aromatic nitrogens is 2. The first kappa shape index (κ1) is 12.8. The third-order valence-electron chi connectivity index (χ3n) is 3.18. The lowest BCUT2D eigenvalue weighted by Crippen LogP contribution is -2.25. The van der Waals surface area contributed by atoms with Gasteiger partial charge in [-0.25, -0.2) is 4.98 Å². The zero-order chi connectivity index (χ0) is 13.0. The molecule has 1 unspecified atom stereocenters. The van der Waals surface area contributed by atoms with Crippen molar-refractivity contribution >= 4 is 5.91 Å². The molecule has 1 fully saturated rings. The predicted molar refractivity (Wildman–Crippen MR) is 67.4 cm³/mol. The number of carbonyl (C=O) groups is 1. The van der Waals surface area contributed by atoms with E-state index in [1.807, 2.05) is 6.92 Å². The first-order chi connectivity index (χ1) is 8.69. The van der Waals surface area contributed by atoms with Crippen LogP contribution in [0.2, 0.25) is 0 Å².